The fourth-order valence-electron chi connectivity index (χ4n) is 0.789. The van der Waals surface area contributed by atoms with Gasteiger partial charge in [-0.05, 0) is 13.8 Å². The summed E-state index contributed by atoms with van der Waals surface area (Å²) in [6.45, 7) is 5.14. The van der Waals surface area contributed by atoms with E-state index in [9.17, 15) is 9.13 Å². The number of hydrogen-bond donors (Lipinski definition) is 0. The molecular formula is C8H20O7P2. The van der Waals surface area contributed by atoms with Crippen molar-refractivity contribution in [2.45, 2.75) is 13.8 Å². The van der Waals surface area contributed by atoms with E-state index in [4.69, 9.17) is 22.8 Å². The molecule has 0 fully saturated rings. The summed E-state index contributed by atoms with van der Waals surface area (Å²) in [4.78, 5) is 0. The molecule has 0 aromatic rings. The molecule has 0 aromatic carbocycles. The first-order valence-electron chi connectivity index (χ1n) is 5.37. The smallest absolute Gasteiger partial charge is 0.319 e. The van der Waals surface area contributed by atoms with Crippen molar-refractivity contribution in [2.75, 3.05) is 39.6 Å². The lowest BCUT2D eigenvalue weighted by Crippen LogP contribution is -2.06. The van der Waals surface area contributed by atoms with Crippen LogP contribution in [0.2, 0.25) is 0 Å². The Balaban J connectivity index is 3.18. The van der Waals surface area contributed by atoms with Crippen molar-refractivity contribution in [3.05, 3.63) is 0 Å². The molecule has 9 heteroatoms. The largest absolute Gasteiger partial charge is 0.377 e. The number of rotatable bonds is 12. The van der Waals surface area contributed by atoms with Gasteiger partial charge in [0.15, 0.2) is 0 Å². The summed E-state index contributed by atoms with van der Waals surface area (Å²) in [5.74, 6) is 0. The Hall–Kier alpha value is 0.260. The summed E-state index contributed by atoms with van der Waals surface area (Å²) in [5.41, 5.74) is 0. The van der Waals surface area contributed by atoms with Crippen LogP contribution in [0.4, 0.5) is 0 Å². The normalized spacial score (nSPS) is 14.7. The minimum atomic E-state index is -2.38. The molecule has 0 N–H and O–H groups in total. The topological polar surface area (TPSA) is 80.3 Å². The minimum Gasteiger partial charge on any atom is -0.377 e. The van der Waals surface area contributed by atoms with Gasteiger partial charge < -0.3 is 22.8 Å². The SMILES string of the molecule is CCO[PH](=O)OCCOCCO[PH](=O)OCC. The van der Waals surface area contributed by atoms with Crippen LogP contribution < -0.4 is 0 Å². The molecule has 0 saturated heterocycles. The highest BCUT2D eigenvalue weighted by molar-refractivity contribution is 7.33. The summed E-state index contributed by atoms with van der Waals surface area (Å²) in [7, 11) is -4.76. The van der Waals surface area contributed by atoms with Gasteiger partial charge in [-0.15, -0.1) is 0 Å². The van der Waals surface area contributed by atoms with Crippen LogP contribution in [0.3, 0.4) is 0 Å². The molecule has 0 radical (unpaired) electrons. The average molecular weight is 290 g/mol. The molecule has 0 spiro atoms. The first-order valence-corrected chi connectivity index (χ1v) is 7.82. The highest BCUT2D eigenvalue weighted by Gasteiger charge is 1.99. The zero-order valence-corrected chi connectivity index (χ0v) is 12.1. The molecule has 104 valence electrons. The van der Waals surface area contributed by atoms with Gasteiger partial charge in [0.25, 0.3) is 0 Å². The quantitative estimate of drug-likeness (QED) is 0.401. The van der Waals surface area contributed by atoms with Crippen molar-refractivity contribution in [1.82, 2.24) is 0 Å². The van der Waals surface area contributed by atoms with Crippen LogP contribution >= 0.6 is 16.5 Å². The molecule has 0 saturated carbocycles. The Kier molecular flexibility index (Phi) is 12.9. The number of hydrogen-bond acceptors (Lipinski definition) is 7. The minimum absolute atomic E-state index is 0.193. The van der Waals surface area contributed by atoms with Gasteiger partial charge in [0, 0.05) is 0 Å². The van der Waals surface area contributed by atoms with E-state index in [0.29, 0.717) is 13.2 Å². The molecule has 17 heavy (non-hydrogen) atoms. The molecule has 0 bridgehead atoms. The summed E-state index contributed by atoms with van der Waals surface area (Å²) in [6, 6.07) is 0. The fourth-order valence-corrected chi connectivity index (χ4v) is 1.93. The number of ether oxygens (including phenoxy) is 1. The van der Waals surface area contributed by atoms with Gasteiger partial charge >= 0.3 is 16.5 Å². The van der Waals surface area contributed by atoms with Crippen molar-refractivity contribution in [2.24, 2.45) is 0 Å². The van der Waals surface area contributed by atoms with E-state index in [0.717, 1.165) is 0 Å². The maximum Gasteiger partial charge on any atom is 0.319 e. The summed E-state index contributed by atoms with van der Waals surface area (Å²) >= 11 is 0. The average Bonchev–Trinajstić information content (AvgIpc) is 2.28. The zero-order valence-electron chi connectivity index (χ0n) is 10.1. The molecule has 2 unspecified atom stereocenters. The highest BCUT2D eigenvalue weighted by atomic mass is 31.1. The van der Waals surface area contributed by atoms with Crippen LogP contribution in [-0.4, -0.2) is 39.6 Å². The molecule has 7 nitrogen and oxygen atoms in total. The first-order chi connectivity index (χ1) is 8.20. The van der Waals surface area contributed by atoms with Gasteiger partial charge in [-0.1, -0.05) is 0 Å². The Labute approximate surface area is 103 Å². The molecule has 2 atom stereocenters. The van der Waals surface area contributed by atoms with E-state index in [-0.39, 0.29) is 26.4 Å². The van der Waals surface area contributed by atoms with Crippen molar-refractivity contribution in [3.8, 4) is 0 Å². The molecule has 0 rings (SSSR count). The van der Waals surface area contributed by atoms with E-state index < -0.39 is 16.5 Å². The van der Waals surface area contributed by atoms with Crippen LogP contribution in [0.1, 0.15) is 13.8 Å². The first kappa shape index (κ1) is 17.3. The molecule has 0 amide bonds. The molecular weight excluding hydrogens is 270 g/mol. The van der Waals surface area contributed by atoms with E-state index in [1.54, 1.807) is 13.8 Å². The standard InChI is InChI=1S/C8H20O7P2/c1-3-12-16(9)14-7-5-11-6-8-15-17(10)13-4-2/h16-17H,3-8H2,1-2H3. The van der Waals surface area contributed by atoms with Crippen LogP contribution in [0.5, 0.6) is 0 Å². The molecule has 0 heterocycles. The second-order valence-corrected chi connectivity index (χ2v) is 4.83. The predicted octanol–water partition coefficient (Wildman–Crippen LogP) is 1.89. The Bertz CT molecular complexity index is 202. The van der Waals surface area contributed by atoms with E-state index in [2.05, 4.69) is 0 Å². The third-order valence-electron chi connectivity index (χ3n) is 1.42. The highest BCUT2D eigenvalue weighted by Crippen LogP contribution is 2.23. The maximum absolute atomic E-state index is 10.9. The zero-order chi connectivity index (χ0) is 12.9. The fraction of sp³-hybridized carbons (Fsp3) is 1.00. The third-order valence-corrected chi connectivity index (χ3v) is 3.35. The Morgan fingerprint density at radius 2 is 1.12 bits per heavy atom. The van der Waals surface area contributed by atoms with E-state index >= 15 is 0 Å². The Morgan fingerprint density at radius 1 is 0.706 bits per heavy atom. The third kappa shape index (κ3) is 12.5. The van der Waals surface area contributed by atoms with Crippen LogP contribution in [0.25, 0.3) is 0 Å². The van der Waals surface area contributed by atoms with Crippen LogP contribution in [-0.2, 0) is 32.0 Å². The van der Waals surface area contributed by atoms with Gasteiger partial charge in [-0.25, -0.2) is 0 Å². The van der Waals surface area contributed by atoms with Crippen molar-refractivity contribution in [3.63, 3.8) is 0 Å². The van der Waals surface area contributed by atoms with E-state index in [1.165, 1.54) is 0 Å². The van der Waals surface area contributed by atoms with E-state index in [1.807, 2.05) is 0 Å². The second-order valence-electron chi connectivity index (χ2n) is 2.68. The van der Waals surface area contributed by atoms with Gasteiger partial charge in [0.2, 0.25) is 0 Å². The van der Waals surface area contributed by atoms with Crippen molar-refractivity contribution < 1.29 is 32.0 Å². The maximum atomic E-state index is 10.9. The lowest BCUT2D eigenvalue weighted by molar-refractivity contribution is 0.0709. The van der Waals surface area contributed by atoms with Crippen molar-refractivity contribution >= 4 is 16.5 Å². The molecule has 0 aliphatic rings. The second kappa shape index (κ2) is 12.7. The van der Waals surface area contributed by atoms with Gasteiger partial charge in [-0.3, -0.25) is 9.13 Å². The summed E-state index contributed by atoms with van der Waals surface area (Å²) < 4.78 is 46.0. The lowest BCUT2D eigenvalue weighted by atomic mass is 10.7. The molecule has 0 aromatic heterocycles. The summed E-state index contributed by atoms with van der Waals surface area (Å²) in [5, 5.41) is 0. The monoisotopic (exact) mass is 290 g/mol. The Morgan fingerprint density at radius 3 is 1.47 bits per heavy atom. The predicted molar refractivity (Wildman–Crippen MR) is 64.0 cm³/mol. The molecule has 0 aliphatic carbocycles. The van der Waals surface area contributed by atoms with Gasteiger partial charge in [0.05, 0.1) is 39.6 Å². The summed E-state index contributed by atoms with van der Waals surface area (Å²) in [6.07, 6.45) is 0. The molecule has 0 aliphatic heterocycles. The van der Waals surface area contributed by atoms with Crippen LogP contribution in [0.15, 0.2) is 0 Å². The van der Waals surface area contributed by atoms with Crippen LogP contribution in [0, 0.1) is 0 Å². The van der Waals surface area contributed by atoms with Gasteiger partial charge in [-0.2, -0.15) is 0 Å². The lowest BCUT2D eigenvalue weighted by Gasteiger charge is -2.06. The van der Waals surface area contributed by atoms with Gasteiger partial charge in [0.1, 0.15) is 0 Å². The van der Waals surface area contributed by atoms with Crippen molar-refractivity contribution in [1.29, 1.82) is 0 Å².